The summed E-state index contributed by atoms with van der Waals surface area (Å²) in [5.74, 6) is -1.27. The van der Waals surface area contributed by atoms with Crippen LogP contribution in [0.3, 0.4) is 0 Å². The first-order valence-electron chi connectivity index (χ1n) is 6.32. The van der Waals surface area contributed by atoms with Gasteiger partial charge in [-0.15, -0.1) is 0 Å². The quantitative estimate of drug-likeness (QED) is 0.590. The summed E-state index contributed by atoms with van der Waals surface area (Å²) in [4.78, 5) is 21.7. The smallest absolute Gasteiger partial charge is 0.273 e. The fourth-order valence-corrected chi connectivity index (χ4v) is 1.78. The molecule has 1 aromatic rings. The van der Waals surface area contributed by atoms with E-state index in [2.05, 4.69) is 5.32 Å². The third-order valence-corrected chi connectivity index (χ3v) is 3.02. The van der Waals surface area contributed by atoms with Crippen molar-refractivity contribution in [1.82, 2.24) is 5.32 Å². The van der Waals surface area contributed by atoms with Crippen LogP contribution in [-0.4, -0.2) is 29.1 Å². The molecule has 0 bridgehead atoms. The van der Waals surface area contributed by atoms with Gasteiger partial charge in [-0.05, 0) is 18.4 Å². The van der Waals surface area contributed by atoms with Crippen molar-refractivity contribution in [3.05, 3.63) is 39.7 Å². The van der Waals surface area contributed by atoms with Gasteiger partial charge in [0.1, 0.15) is 5.82 Å². The van der Waals surface area contributed by atoms with Crippen molar-refractivity contribution < 1.29 is 19.2 Å². The van der Waals surface area contributed by atoms with Crippen LogP contribution in [-0.2, 0) is 0 Å². The number of nitro benzene ring substituents is 1. The molecule has 0 aromatic heterocycles. The topological polar surface area (TPSA) is 92.5 Å². The number of rotatable bonds is 7. The highest BCUT2D eigenvalue weighted by atomic mass is 19.1. The number of halogens is 1. The highest BCUT2D eigenvalue weighted by Crippen LogP contribution is 2.16. The lowest BCUT2D eigenvalue weighted by atomic mass is 10.0. The molecule has 0 aliphatic rings. The lowest BCUT2D eigenvalue weighted by molar-refractivity contribution is -0.385. The molecule has 0 saturated heterocycles. The minimum absolute atomic E-state index is 0.0276. The zero-order valence-electron chi connectivity index (χ0n) is 11.1. The highest BCUT2D eigenvalue weighted by Gasteiger charge is 2.15. The maximum Gasteiger partial charge on any atom is 0.273 e. The summed E-state index contributed by atoms with van der Waals surface area (Å²) in [6, 6.07) is 2.75. The Morgan fingerprint density at radius 3 is 2.75 bits per heavy atom. The van der Waals surface area contributed by atoms with Gasteiger partial charge in [-0.25, -0.2) is 4.39 Å². The van der Waals surface area contributed by atoms with Gasteiger partial charge in [0.05, 0.1) is 11.0 Å². The number of nitrogens with zero attached hydrogens (tertiary/aromatic N) is 1. The molecule has 0 radical (unpaired) electrons. The minimum Gasteiger partial charge on any atom is -0.396 e. The number of nitro groups is 1. The standard InChI is InChI=1S/C13H17FN2O4/c1-2-9(3-4-17)8-15-13(18)10-5-11(14)7-12(6-10)16(19)20/h5-7,9,17H,2-4,8H2,1H3,(H,15,18). The van der Waals surface area contributed by atoms with Gasteiger partial charge >= 0.3 is 0 Å². The second kappa shape index (κ2) is 7.54. The molecule has 1 amide bonds. The molecule has 20 heavy (non-hydrogen) atoms. The average molecular weight is 284 g/mol. The first-order valence-corrected chi connectivity index (χ1v) is 6.32. The van der Waals surface area contributed by atoms with Gasteiger partial charge in [0.15, 0.2) is 0 Å². The maximum absolute atomic E-state index is 13.2. The van der Waals surface area contributed by atoms with Gasteiger partial charge in [0.25, 0.3) is 11.6 Å². The Hall–Kier alpha value is -2.02. The summed E-state index contributed by atoms with van der Waals surface area (Å²) in [5.41, 5.74) is -0.548. The Morgan fingerprint density at radius 1 is 1.50 bits per heavy atom. The number of nitrogens with one attached hydrogen (secondary N) is 1. The Bertz CT molecular complexity index is 493. The third-order valence-electron chi connectivity index (χ3n) is 3.02. The first-order chi connectivity index (χ1) is 9.47. The van der Waals surface area contributed by atoms with Crippen LogP contribution < -0.4 is 5.32 Å². The zero-order valence-corrected chi connectivity index (χ0v) is 11.1. The predicted octanol–water partition coefficient (Wildman–Crippen LogP) is 1.87. The molecule has 1 unspecified atom stereocenters. The van der Waals surface area contributed by atoms with E-state index in [0.717, 1.165) is 24.6 Å². The van der Waals surface area contributed by atoms with Gasteiger partial charge in [-0.3, -0.25) is 14.9 Å². The maximum atomic E-state index is 13.2. The minimum atomic E-state index is -0.827. The van der Waals surface area contributed by atoms with Gasteiger partial charge in [-0.1, -0.05) is 13.3 Å². The van der Waals surface area contributed by atoms with E-state index in [4.69, 9.17) is 5.11 Å². The molecule has 2 N–H and O–H groups in total. The van der Waals surface area contributed by atoms with Gasteiger partial charge < -0.3 is 10.4 Å². The molecule has 0 heterocycles. The van der Waals surface area contributed by atoms with Gasteiger partial charge in [-0.2, -0.15) is 0 Å². The van der Waals surface area contributed by atoms with Crippen molar-refractivity contribution in [2.75, 3.05) is 13.2 Å². The van der Waals surface area contributed by atoms with Crippen molar-refractivity contribution in [2.45, 2.75) is 19.8 Å². The number of amides is 1. The number of hydrogen-bond donors (Lipinski definition) is 2. The van der Waals surface area contributed by atoms with Crippen LogP contribution >= 0.6 is 0 Å². The summed E-state index contributed by atoms with van der Waals surface area (Å²) < 4.78 is 13.2. The Balaban J connectivity index is 2.74. The number of carbonyl (C=O) groups is 1. The normalized spacial score (nSPS) is 11.9. The molecular weight excluding hydrogens is 267 g/mol. The summed E-state index contributed by atoms with van der Waals surface area (Å²) in [6.45, 7) is 2.29. The van der Waals surface area contributed by atoms with Crippen molar-refractivity contribution in [3.8, 4) is 0 Å². The molecule has 110 valence electrons. The SMILES string of the molecule is CCC(CCO)CNC(=O)c1cc(F)cc([N+](=O)[O-])c1. The summed E-state index contributed by atoms with van der Waals surface area (Å²) in [7, 11) is 0. The van der Waals surface area contributed by atoms with Crippen LogP contribution in [0.1, 0.15) is 30.1 Å². The van der Waals surface area contributed by atoms with Crippen molar-refractivity contribution in [3.63, 3.8) is 0 Å². The summed E-state index contributed by atoms with van der Waals surface area (Å²) >= 11 is 0. The molecule has 1 atom stereocenters. The van der Waals surface area contributed by atoms with Crippen LogP contribution in [0, 0.1) is 21.8 Å². The number of non-ortho nitro benzene ring substituents is 1. The Kier molecular flexibility index (Phi) is 6.05. The van der Waals surface area contributed by atoms with Gasteiger partial charge in [0.2, 0.25) is 0 Å². The molecule has 6 nitrogen and oxygen atoms in total. The molecule has 1 aromatic carbocycles. The number of aliphatic hydroxyl groups is 1. The summed E-state index contributed by atoms with van der Waals surface area (Å²) in [5, 5.41) is 22.0. The van der Waals surface area contributed by atoms with Crippen molar-refractivity contribution >= 4 is 11.6 Å². The van der Waals surface area contributed by atoms with E-state index >= 15 is 0 Å². The molecule has 0 spiro atoms. The lowest BCUT2D eigenvalue weighted by Gasteiger charge is -2.14. The van der Waals surface area contributed by atoms with E-state index in [-0.39, 0.29) is 18.1 Å². The van der Waals surface area contributed by atoms with Gasteiger partial charge in [0, 0.05) is 24.8 Å². The number of hydrogen-bond acceptors (Lipinski definition) is 4. The second-order valence-corrected chi connectivity index (χ2v) is 4.45. The Labute approximate surface area is 115 Å². The number of benzene rings is 1. The first kappa shape index (κ1) is 16.0. The highest BCUT2D eigenvalue weighted by molar-refractivity contribution is 5.94. The zero-order chi connectivity index (χ0) is 15.1. The van der Waals surface area contributed by atoms with Crippen LogP contribution in [0.25, 0.3) is 0 Å². The van der Waals surface area contributed by atoms with E-state index in [9.17, 15) is 19.3 Å². The molecule has 1 rings (SSSR count). The monoisotopic (exact) mass is 284 g/mol. The average Bonchev–Trinajstić information content (AvgIpc) is 2.42. The molecular formula is C13H17FN2O4. The van der Waals surface area contributed by atoms with Crippen LogP contribution in [0.4, 0.5) is 10.1 Å². The lowest BCUT2D eigenvalue weighted by Crippen LogP contribution is -2.29. The number of carbonyl (C=O) groups excluding carboxylic acids is 1. The van der Waals surface area contributed by atoms with E-state index in [1.54, 1.807) is 0 Å². The third kappa shape index (κ3) is 4.58. The van der Waals surface area contributed by atoms with E-state index < -0.39 is 22.3 Å². The van der Waals surface area contributed by atoms with Crippen molar-refractivity contribution in [1.29, 1.82) is 0 Å². The molecule has 0 saturated carbocycles. The predicted molar refractivity (Wildman–Crippen MR) is 70.9 cm³/mol. The van der Waals surface area contributed by atoms with Crippen LogP contribution in [0.5, 0.6) is 0 Å². The van der Waals surface area contributed by atoms with Crippen molar-refractivity contribution in [2.24, 2.45) is 5.92 Å². The van der Waals surface area contributed by atoms with E-state index in [1.807, 2.05) is 6.92 Å². The Morgan fingerprint density at radius 2 is 2.20 bits per heavy atom. The van der Waals surface area contributed by atoms with E-state index in [1.165, 1.54) is 0 Å². The molecule has 7 heteroatoms. The summed E-state index contributed by atoms with van der Waals surface area (Å²) in [6.07, 6.45) is 1.34. The molecule has 0 fully saturated rings. The molecule has 0 aliphatic heterocycles. The fraction of sp³-hybridized carbons (Fsp3) is 0.462. The second-order valence-electron chi connectivity index (χ2n) is 4.45. The number of aliphatic hydroxyl groups excluding tert-OH is 1. The van der Waals surface area contributed by atoms with E-state index in [0.29, 0.717) is 13.0 Å². The van der Waals surface area contributed by atoms with Crippen LogP contribution in [0.2, 0.25) is 0 Å². The van der Waals surface area contributed by atoms with Crippen LogP contribution in [0.15, 0.2) is 18.2 Å². The largest absolute Gasteiger partial charge is 0.396 e. The molecule has 0 aliphatic carbocycles. The fourth-order valence-electron chi connectivity index (χ4n) is 1.78.